The summed E-state index contributed by atoms with van der Waals surface area (Å²) in [6.07, 6.45) is 2.79. The van der Waals surface area contributed by atoms with Gasteiger partial charge in [-0.15, -0.1) is 0 Å². The zero-order valence-corrected chi connectivity index (χ0v) is 13.1. The fourth-order valence-electron chi connectivity index (χ4n) is 2.45. The number of likely N-dealkylation sites (N-methyl/N-ethyl adjacent to an activating group) is 1. The number of carbonyl (C=O) groups excluding carboxylic acids is 1. The predicted octanol–water partition coefficient (Wildman–Crippen LogP) is 2.98. The Hall–Kier alpha value is -0.870. The molecule has 2 rings (SSSR count). The van der Waals surface area contributed by atoms with Gasteiger partial charge in [0.1, 0.15) is 0 Å². The fourth-order valence-corrected chi connectivity index (χ4v) is 2.85. The average Bonchev–Trinajstić information content (AvgIpc) is 3.19. The van der Waals surface area contributed by atoms with Crippen molar-refractivity contribution in [2.24, 2.45) is 0 Å². The van der Waals surface area contributed by atoms with E-state index in [0.717, 1.165) is 35.8 Å². The van der Waals surface area contributed by atoms with E-state index >= 15 is 0 Å². The van der Waals surface area contributed by atoms with Gasteiger partial charge in [0.15, 0.2) is 0 Å². The molecule has 1 amide bonds. The Labute approximate surface area is 123 Å². The molecule has 104 valence electrons. The van der Waals surface area contributed by atoms with Gasteiger partial charge in [0.25, 0.3) is 0 Å². The van der Waals surface area contributed by atoms with Crippen molar-refractivity contribution in [3.8, 4) is 0 Å². The summed E-state index contributed by atoms with van der Waals surface area (Å²) in [5, 5.41) is 0. The topological polar surface area (TPSA) is 29.5 Å². The van der Waals surface area contributed by atoms with Crippen molar-refractivity contribution in [3.05, 3.63) is 34.3 Å². The molecule has 0 saturated heterocycles. The quantitative estimate of drug-likeness (QED) is 0.752. The first kappa shape index (κ1) is 14.5. The van der Waals surface area contributed by atoms with E-state index in [2.05, 4.69) is 28.1 Å². The van der Waals surface area contributed by atoms with Crippen LogP contribution in [0.25, 0.3) is 0 Å². The molecule has 1 fully saturated rings. The summed E-state index contributed by atoms with van der Waals surface area (Å²) in [5.41, 5.74) is 0.858. The van der Waals surface area contributed by atoms with Gasteiger partial charge >= 0.3 is 0 Å². The van der Waals surface area contributed by atoms with Gasteiger partial charge in [-0.1, -0.05) is 28.1 Å². The van der Waals surface area contributed by atoms with Gasteiger partial charge in [0.05, 0.1) is 5.41 Å². The van der Waals surface area contributed by atoms with E-state index in [1.807, 2.05) is 24.1 Å². The minimum Gasteiger partial charge on any atom is -0.385 e. The van der Waals surface area contributed by atoms with Crippen LogP contribution in [0.4, 0.5) is 0 Å². The monoisotopic (exact) mass is 325 g/mol. The minimum atomic E-state index is -0.272. The number of nitrogens with zero attached hydrogens (tertiary/aromatic N) is 1. The second kappa shape index (κ2) is 6.06. The molecule has 0 aromatic heterocycles. The van der Waals surface area contributed by atoms with Gasteiger partial charge in [0, 0.05) is 31.8 Å². The highest BCUT2D eigenvalue weighted by atomic mass is 79.9. The maximum absolute atomic E-state index is 12.6. The zero-order valence-electron chi connectivity index (χ0n) is 11.5. The van der Waals surface area contributed by atoms with Crippen molar-refractivity contribution in [3.63, 3.8) is 0 Å². The Balaban J connectivity index is 2.06. The van der Waals surface area contributed by atoms with Crippen LogP contribution in [-0.4, -0.2) is 38.1 Å². The standard InChI is InChI=1S/C15H20BrNO2/c1-17(9-4-10-19-2)14(18)15(7-8-15)12-5-3-6-13(16)11-12/h3,5-6,11H,4,7-10H2,1-2H3. The zero-order chi connectivity index (χ0) is 13.9. The van der Waals surface area contributed by atoms with Gasteiger partial charge in [-0.25, -0.2) is 0 Å². The van der Waals surface area contributed by atoms with Gasteiger partial charge in [0.2, 0.25) is 5.91 Å². The molecule has 0 atom stereocenters. The molecular formula is C15H20BrNO2. The summed E-state index contributed by atoms with van der Waals surface area (Å²) in [4.78, 5) is 14.4. The smallest absolute Gasteiger partial charge is 0.232 e. The van der Waals surface area contributed by atoms with E-state index in [9.17, 15) is 4.79 Å². The molecule has 1 saturated carbocycles. The van der Waals surface area contributed by atoms with Gasteiger partial charge in [-0.3, -0.25) is 4.79 Å². The molecule has 4 heteroatoms. The van der Waals surface area contributed by atoms with Gasteiger partial charge in [-0.2, -0.15) is 0 Å². The number of benzene rings is 1. The van der Waals surface area contributed by atoms with Crippen LogP contribution in [0.2, 0.25) is 0 Å². The number of rotatable bonds is 6. The number of halogens is 1. The second-order valence-corrected chi connectivity index (χ2v) is 6.08. The van der Waals surface area contributed by atoms with E-state index < -0.39 is 0 Å². The van der Waals surface area contributed by atoms with Crippen LogP contribution in [0.15, 0.2) is 28.7 Å². The lowest BCUT2D eigenvalue weighted by Gasteiger charge is -2.24. The van der Waals surface area contributed by atoms with Crippen LogP contribution >= 0.6 is 15.9 Å². The van der Waals surface area contributed by atoms with Crippen LogP contribution < -0.4 is 0 Å². The summed E-state index contributed by atoms with van der Waals surface area (Å²) in [7, 11) is 3.57. The number of amides is 1. The predicted molar refractivity (Wildman–Crippen MR) is 79.2 cm³/mol. The third kappa shape index (κ3) is 3.18. The molecule has 0 heterocycles. The van der Waals surface area contributed by atoms with Crippen LogP contribution in [0, 0.1) is 0 Å². The molecule has 1 aromatic carbocycles. The molecule has 3 nitrogen and oxygen atoms in total. The Morgan fingerprint density at radius 2 is 2.21 bits per heavy atom. The molecule has 0 N–H and O–H groups in total. The molecule has 19 heavy (non-hydrogen) atoms. The Bertz CT molecular complexity index is 457. The van der Waals surface area contributed by atoms with Crippen molar-refractivity contribution >= 4 is 21.8 Å². The average molecular weight is 326 g/mol. The third-order valence-electron chi connectivity index (χ3n) is 3.73. The summed E-state index contributed by atoms with van der Waals surface area (Å²) >= 11 is 3.48. The third-order valence-corrected chi connectivity index (χ3v) is 4.22. The van der Waals surface area contributed by atoms with E-state index in [1.54, 1.807) is 7.11 Å². The maximum Gasteiger partial charge on any atom is 0.232 e. The van der Waals surface area contributed by atoms with Crippen molar-refractivity contribution in [1.82, 2.24) is 4.90 Å². The fraction of sp³-hybridized carbons (Fsp3) is 0.533. The van der Waals surface area contributed by atoms with E-state index in [0.29, 0.717) is 6.61 Å². The summed E-state index contributed by atoms with van der Waals surface area (Å²) in [6.45, 7) is 1.45. The lowest BCUT2D eigenvalue weighted by molar-refractivity contribution is -0.132. The Morgan fingerprint density at radius 1 is 1.47 bits per heavy atom. The molecule has 0 unspecified atom stereocenters. The number of hydrogen-bond acceptors (Lipinski definition) is 2. The van der Waals surface area contributed by atoms with Crippen molar-refractivity contribution < 1.29 is 9.53 Å². The summed E-state index contributed by atoms with van der Waals surface area (Å²) in [6, 6.07) is 8.11. The molecular weight excluding hydrogens is 306 g/mol. The van der Waals surface area contributed by atoms with Crippen molar-refractivity contribution in [1.29, 1.82) is 0 Å². The number of hydrogen-bond donors (Lipinski definition) is 0. The van der Waals surface area contributed by atoms with E-state index in [4.69, 9.17) is 4.74 Å². The first-order valence-electron chi connectivity index (χ1n) is 6.61. The Kier molecular flexibility index (Phi) is 4.63. The second-order valence-electron chi connectivity index (χ2n) is 5.17. The normalized spacial score (nSPS) is 16.2. The van der Waals surface area contributed by atoms with E-state index in [1.165, 1.54) is 0 Å². The van der Waals surface area contributed by atoms with Crippen LogP contribution in [0.5, 0.6) is 0 Å². The SMILES string of the molecule is COCCCN(C)C(=O)C1(c2cccc(Br)c2)CC1. The van der Waals surface area contributed by atoms with Crippen molar-refractivity contribution in [2.75, 3.05) is 27.3 Å². The summed E-state index contributed by atoms with van der Waals surface area (Å²) in [5.74, 6) is 0.238. The van der Waals surface area contributed by atoms with E-state index in [-0.39, 0.29) is 11.3 Å². The Morgan fingerprint density at radius 3 is 2.79 bits per heavy atom. The lowest BCUT2D eigenvalue weighted by Crippen LogP contribution is -2.37. The molecule has 0 bridgehead atoms. The molecule has 0 radical (unpaired) electrons. The number of carbonyl (C=O) groups is 1. The molecule has 0 aliphatic heterocycles. The highest BCUT2D eigenvalue weighted by molar-refractivity contribution is 9.10. The largest absolute Gasteiger partial charge is 0.385 e. The number of ether oxygens (including phenoxy) is 1. The first-order valence-corrected chi connectivity index (χ1v) is 7.40. The van der Waals surface area contributed by atoms with Gasteiger partial charge < -0.3 is 9.64 Å². The molecule has 1 aliphatic carbocycles. The molecule has 1 aromatic rings. The van der Waals surface area contributed by atoms with Crippen LogP contribution in [-0.2, 0) is 14.9 Å². The van der Waals surface area contributed by atoms with Crippen molar-refractivity contribution in [2.45, 2.75) is 24.7 Å². The number of methoxy groups -OCH3 is 1. The molecule has 1 aliphatic rings. The molecule has 0 spiro atoms. The van der Waals surface area contributed by atoms with Crippen LogP contribution in [0.1, 0.15) is 24.8 Å². The van der Waals surface area contributed by atoms with Gasteiger partial charge in [-0.05, 0) is 37.0 Å². The van der Waals surface area contributed by atoms with Crippen LogP contribution in [0.3, 0.4) is 0 Å². The highest BCUT2D eigenvalue weighted by Crippen LogP contribution is 2.49. The lowest BCUT2D eigenvalue weighted by atomic mass is 9.94. The minimum absolute atomic E-state index is 0.238. The first-order chi connectivity index (χ1) is 9.10. The summed E-state index contributed by atoms with van der Waals surface area (Å²) < 4.78 is 6.06. The highest BCUT2D eigenvalue weighted by Gasteiger charge is 2.52. The maximum atomic E-state index is 12.6.